The number of hydrogen-bond donors (Lipinski definition) is 2. The minimum Gasteiger partial charge on any atom is -0.507 e. The van der Waals surface area contributed by atoms with Crippen LogP contribution >= 0.6 is 0 Å². The van der Waals surface area contributed by atoms with Gasteiger partial charge in [-0.1, -0.05) is 19.9 Å². The largest absolute Gasteiger partial charge is 0.507 e. The van der Waals surface area contributed by atoms with E-state index in [1.807, 2.05) is 0 Å². The Labute approximate surface area is 115 Å². The van der Waals surface area contributed by atoms with E-state index in [2.05, 4.69) is 25.7 Å². The number of rotatable bonds is 2. The minimum atomic E-state index is 0.0510. The molecule has 0 amide bonds. The molecule has 1 unspecified atom stereocenters. The first-order valence-corrected chi connectivity index (χ1v) is 7.16. The summed E-state index contributed by atoms with van der Waals surface area (Å²) in [4.78, 5) is 2.36. The van der Waals surface area contributed by atoms with Crippen molar-refractivity contribution in [3.05, 3.63) is 23.8 Å². The highest BCUT2D eigenvalue weighted by molar-refractivity contribution is 5.44. The van der Waals surface area contributed by atoms with Crippen LogP contribution in [0.4, 0.5) is 0 Å². The zero-order chi connectivity index (χ0) is 14.0. The molecule has 0 aromatic heterocycles. The van der Waals surface area contributed by atoms with Gasteiger partial charge in [-0.05, 0) is 56.8 Å². The van der Waals surface area contributed by atoms with Gasteiger partial charge in [-0.15, -0.1) is 0 Å². The van der Waals surface area contributed by atoms with Gasteiger partial charge in [-0.3, -0.25) is 4.90 Å². The van der Waals surface area contributed by atoms with E-state index in [0.717, 1.165) is 19.5 Å². The molecule has 1 aliphatic heterocycles. The summed E-state index contributed by atoms with van der Waals surface area (Å²) in [5, 5.41) is 20.0. The van der Waals surface area contributed by atoms with Crippen LogP contribution in [0.25, 0.3) is 0 Å². The van der Waals surface area contributed by atoms with Gasteiger partial charge in [0.05, 0.1) is 5.56 Å². The molecule has 1 aliphatic rings. The molecule has 1 aromatic carbocycles. The third kappa shape index (κ3) is 3.21. The van der Waals surface area contributed by atoms with Gasteiger partial charge in [-0.25, -0.2) is 0 Å². The molecular weight excluding hydrogens is 238 g/mol. The monoisotopic (exact) mass is 263 g/mol. The number of phenols is 2. The zero-order valence-corrected chi connectivity index (χ0v) is 12.2. The second-order valence-electron chi connectivity index (χ2n) is 6.44. The van der Waals surface area contributed by atoms with Crippen molar-refractivity contribution in [2.45, 2.75) is 46.1 Å². The quantitative estimate of drug-likeness (QED) is 0.855. The summed E-state index contributed by atoms with van der Waals surface area (Å²) in [5.74, 6) is 0.381. The van der Waals surface area contributed by atoms with Crippen LogP contribution in [0.2, 0.25) is 0 Å². The lowest BCUT2D eigenvalue weighted by Crippen LogP contribution is -2.28. The lowest BCUT2D eigenvalue weighted by molar-refractivity contribution is 0.202. The van der Waals surface area contributed by atoms with Gasteiger partial charge < -0.3 is 10.2 Å². The topological polar surface area (TPSA) is 43.7 Å². The molecule has 3 nitrogen and oxygen atoms in total. The standard InChI is InChI=1S/C16H25NO2/c1-12(15-13(18)6-4-7-14(15)19)17-10-5-8-16(2,3)9-11-17/h4,6-7,12,18-19H,5,8-11H2,1-3H3. The molecule has 2 rings (SSSR count). The summed E-state index contributed by atoms with van der Waals surface area (Å²) in [6, 6.07) is 5.02. The molecule has 19 heavy (non-hydrogen) atoms. The fourth-order valence-corrected chi connectivity index (χ4v) is 2.98. The summed E-state index contributed by atoms with van der Waals surface area (Å²) in [6.45, 7) is 8.74. The molecule has 3 heteroatoms. The van der Waals surface area contributed by atoms with Crippen molar-refractivity contribution in [1.82, 2.24) is 4.90 Å². The molecule has 0 spiro atoms. The van der Waals surface area contributed by atoms with E-state index in [-0.39, 0.29) is 17.5 Å². The molecule has 1 atom stereocenters. The summed E-state index contributed by atoms with van der Waals surface area (Å²) in [5.41, 5.74) is 1.05. The predicted molar refractivity (Wildman–Crippen MR) is 77.4 cm³/mol. The highest BCUT2D eigenvalue weighted by Crippen LogP contribution is 2.38. The molecular formula is C16H25NO2. The van der Waals surface area contributed by atoms with Crippen LogP contribution in [0.15, 0.2) is 18.2 Å². The van der Waals surface area contributed by atoms with Crippen LogP contribution in [0.5, 0.6) is 11.5 Å². The second-order valence-corrected chi connectivity index (χ2v) is 6.44. The van der Waals surface area contributed by atoms with Crippen molar-refractivity contribution < 1.29 is 10.2 Å². The van der Waals surface area contributed by atoms with Crippen molar-refractivity contribution in [3.8, 4) is 11.5 Å². The first-order chi connectivity index (χ1) is 8.91. The highest BCUT2D eigenvalue weighted by atomic mass is 16.3. The van der Waals surface area contributed by atoms with Gasteiger partial charge in [0.25, 0.3) is 0 Å². The first kappa shape index (κ1) is 14.2. The number of phenolic OH excluding ortho intramolecular Hbond substituents is 2. The Morgan fingerprint density at radius 2 is 1.74 bits per heavy atom. The smallest absolute Gasteiger partial charge is 0.124 e. The maximum atomic E-state index is 9.98. The average molecular weight is 263 g/mol. The van der Waals surface area contributed by atoms with Crippen LogP contribution < -0.4 is 0 Å². The van der Waals surface area contributed by atoms with Crippen molar-refractivity contribution in [1.29, 1.82) is 0 Å². The molecule has 1 heterocycles. The van der Waals surface area contributed by atoms with Gasteiger partial charge >= 0.3 is 0 Å². The Morgan fingerprint density at radius 3 is 2.37 bits per heavy atom. The zero-order valence-electron chi connectivity index (χ0n) is 12.2. The molecule has 1 saturated heterocycles. The number of hydrogen-bond acceptors (Lipinski definition) is 3. The van der Waals surface area contributed by atoms with E-state index in [1.165, 1.54) is 12.8 Å². The number of likely N-dealkylation sites (tertiary alicyclic amines) is 1. The van der Waals surface area contributed by atoms with Crippen molar-refractivity contribution in [3.63, 3.8) is 0 Å². The van der Waals surface area contributed by atoms with E-state index in [9.17, 15) is 10.2 Å². The minimum absolute atomic E-state index is 0.0510. The maximum Gasteiger partial charge on any atom is 0.124 e. The highest BCUT2D eigenvalue weighted by Gasteiger charge is 2.27. The second kappa shape index (κ2) is 5.41. The van der Waals surface area contributed by atoms with Crippen molar-refractivity contribution in [2.24, 2.45) is 5.41 Å². The summed E-state index contributed by atoms with van der Waals surface area (Å²) in [7, 11) is 0. The summed E-state index contributed by atoms with van der Waals surface area (Å²) < 4.78 is 0. The van der Waals surface area contributed by atoms with E-state index >= 15 is 0 Å². The molecule has 0 bridgehead atoms. The van der Waals surface area contributed by atoms with E-state index in [0.29, 0.717) is 11.0 Å². The van der Waals surface area contributed by atoms with E-state index in [4.69, 9.17) is 0 Å². The molecule has 0 saturated carbocycles. The predicted octanol–water partition coefficient (Wildman–Crippen LogP) is 3.67. The van der Waals surface area contributed by atoms with Gasteiger partial charge in [0, 0.05) is 6.04 Å². The Kier molecular flexibility index (Phi) is 4.04. The lowest BCUT2D eigenvalue weighted by Gasteiger charge is -2.29. The first-order valence-electron chi connectivity index (χ1n) is 7.16. The molecule has 1 aromatic rings. The number of nitrogens with zero attached hydrogens (tertiary/aromatic N) is 1. The lowest BCUT2D eigenvalue weighted by atomic mass is 9.85. The van der Waals surface area contributed by atoms with Gasteiger partial charge in [0.1, 0.15) is 11.5 Å². The fourth-order valence-electron chi connectivity index (χ4n) is 2.98. The molecule has 106 valence electrons. The molecule has 0 aliphatic carbocycles. The van der Waals surface area contributed by atoms with Gasteiger partial charge in [0.2, 0.25) is 0 Å². The van der Waals surface area contributed by atoms with Crippen molar-refractivity contribution in [2.75, 3.05) is 13.1 Å². The van der Waals surface area contributed by atoms with Crippen LogP contribution in [0, 0.1) is 5.41 Å². The number of benzene rings is 1. The summed E-state index contributed by atoms with van der Waals surface area (Å²) in [6.07, 6.45) is 3.57. The fraction of sp³-hybridized carbons (Fsp3) is 0.625. The van der Waals surface area contributed by atoms with Crippen LogP contribution in [0.1, 0.15) is 51.6 Å². The number of aromatic hydroxyl groups is 2. The van der Waals surface area contributed by atoms with Crippen LogP contribution in [0.3, 0.4) is 0 Å². The third-order valence-electron chi connectivity index (χ3n) is 4.40. The average Bonchev–Trinajstić information content (AvgIpc) is 2.50. The normalized spacial score (nSPS) is 21.8. The Morgan fingerprint density at radius 1 is 1.11 bits per heavy atom. The van der Waals surface area contributed by atoms with E-state index in [1.54, 1.807) is 18.2 Å². The van der Waals surface area contributed by atoms with Crippen molar-refractivity contribution >= 4 is 0 Å². The van der Waals surface area contributed by atoms with E-state index < -0.39 is 0 Å². The Hall–Kier alpha value is -1.22. The molecule has 2 N–H and O–H groups in total. The third-order valence-corrected chi connectivity index (χ3v) is 4.40. The maximum absolute atomic E-state index is 9.98. The van der Waals surface area contributed by atoms with Crippen LogP contribution in [-0.2, 0) is 0 Å². The Balaban J connectivity index is 2.17. The SMILES string of the molecule is CC(c1c(O)cccc1O)N1CCCC(C)(C)CC1. The summed E-state index contributed by atoms with van der Waals surface area (Å²) >= 11 is 0. The van der Waals surface area contributed by atoms with Gasteiger partial charge in [0.15, 0.2) is 0 Å². The van der Waals surface area contributed by atoms with Gasteiger partial charge in [-0.2, -0.15) is 0 Å². The molecule has 1 fully saturated rings. The molecule has 0 radical (unpaired) electrons. The Bertz CT molecular complexity index is 422. The van der Waals surface area contributed by atoms with Crippen LogP contribution in [-0.4, -0.2) is 28.2 Å².